The average molecular weight is 422 g/mol. The molecule has 0 spiro atoms. The first-order chi connectivity index (χ1) is 6.00. The number of nitrogens with zero attached hydrogens (tertiary/aromatic N) is 6. The van der Waals surface area contributed by atoms with Gasteiger partial charge < -0.3 is 87.4 Å². The summed E-state index contributed by atoms with van der Waals surface area (Å²) in [5.74, 6) is 0. The normalized spacial score (nSPS) is 0.600. The van der Waals surface area contributed by atoms with Crippen LogP contribution in [-0.4, -0.2) is 119 Å². The van der Waals surface area contributed by atoms with E-state index in [1.807, 2.05) is 0 Å². The van der Waals surface area contributed by atoms with Crippen molar-refractivity contribution in [3.8, 4) is 0 Å². The van der Waals surface area contributed by atoms with Crippen molar-refractivity contribution in [1.82, 2.24) is 0 Å². The van der Waals surface area contributed by atoms with Gasteiger partial charge in [0, 0.05) is 103 Å². The third kappa shape index (κ3) is 632. The fourth-order valence-electron chi connectivity index (χ4n) is 0. The molecule has 0 aliphatic carbocycles. The van der Waals surface area contributed by atoms with E-state index in [1.165, 1.54) is 0 Å². The zero-order chi connectivity index (χ0) is 12.0. The van der Waals surface area contributed by atoms with Gasteiger partial charge in [-0.05, 0) is 0 Å². The fraction of sp³-hybridized carbons (Fsp3) is 0. The molecular weight excluding hydrogens is 416 g/mol. The third-order valence-corrected chi connectivity index (χ3v) is 0. The third-order valence-electron chi connectivity index (χ3n) is 0. The van der Waals surface area contributed by atoms with Crippen LogP contribution in [0.25, 0.3) is 0 Å². The molecule has 0 rings (SSSR count). The summed E-state index contributed by atoms with van der Waals surface area (Å²) in [5.41, 5.74) is 0. The van der Waals surface area contributed by atoms with E-state index < -0.39 is 0 Å². The van der Waals surface area contributed by atoms with Crippen LogP contribution < -0.4 is 103 Å². The zero-order valence-corrected chi connectivity index (χ0v) is 25.1. The van der Waals surface area contributed by atoms with Gasteiger partial charge >= 0.3 is 120 Å². The summed E-state index contributed by atoms with van der Waals surface area (Å²) in [6.07, 6.45) is 0. The number of hydrogen-bond acceptors (Lipinski definition) is 6. The summed E-state index contributed by atoms with van der Waals surface area (Å²) in [7, 11) is 0. The first-order valence-corrected chi connectivity index (χ1v) is 1.34. The largest absolute Gasteiger partial charge is 4.00 e. The summed E-state index contributed by atoms with van der Waals surface area (Å²) in [6.45, 7) is 28.5. The van der Waals surface area contributed by atoms with Gasteiger partial charge in [0.25, 0.3) is 0 Å². The Hall–Kier alpha value is 3.88. The summed E-state index contributed by atoms with van der Waals surface area (Å²) in [5, 5.41) is 37.5. The molecule has 0 heterocycles. The Balaban J connectivity index is -0.00000000167. The fourth-order valence-corrected chi connectivity index (χ4v) is 0. The second kappa shape index (κ2) is 726. The Morgan fingerprint density at radius 1 is 0.350 bits per heavy atom. The van der Waals surface area contributed by atoms with E-state index >= 15 is 0 Å². The van der Waals surface area contributed by atoms with Gasteiger partial charge in [-0.3, -0.25) is 0 Å². The van der Waals surface area contributed by atoms with Crippen molar-refractivity contribution in [2.24, 2.45) is 0 Å². The van der Waals surface area contributed by atoms with E-state index in [0.717, 1.165) is 0 Å². The number of hydrogen-bond donors (Lipinski definition) is 0. The van der Waals surface area contributed by atoms with E-state index in [9.17, 15) is 0 Å². The molecule has 0 saturated heterocycles. The minimum atomic E-state index is 0. The molecule has 0 amide bonds. The molecule has 0 unspecified atom stereocenters. The molecule has 6 N–H and O–H groups in total. The van der Waals surface area contributed by atoms with Gasteiger partial charge in [-0.25, -0.2) is 0 Å². The smallest absolute Gasteiger partial charge is 0.512 e. The van der Waals surface area contributed by atoms with Crippen LogP contribution in [0.2, 0.25) is 0 Å². The van der Waals surface area contributed by atoms with Gasteiger partial charge in [0.1, 0.15) is 0 Å². The van der Waals surface area contributed by atoms with Gasteiger partial charge in [-0.15, -0.1) is 0 Å². The Labute approximate surface area is 301 Å². The molecule has 20 heavy (non-hydrogen) atoms. The van der Waals surface area contributed by atoms with Crippen molar-refractivity contribution >= 4 is 103 Å². The van der Waals surface area contributed by atoms with E-state index in [2.05, 4.69) is 0 Å². The molecule has 0 saturated carbocycles. The molecule has 2 radical (unpaired) electrons. The van der Waals surface area contributed by atoms with Crippen molar-refractivity contribution in [2.75, 3.05) is 0 Å². The second-order valence-electron chi connectivity index (χ2n) is 0. The van der Waals surface area contributed by atoms with Crippen LogP contribution in [0.1, 0.15) is 0 Å². The molecule has 0 fully saturated rings. The molecule has 9 nitrogen and oxygen atoms in total. The van der Waals surface area contributed by atoms with Crippen molar-refractivity contribution in [1.29, 1.82) is 31.6 Å². The van der Waals surface area contributed by atoms with Crippen LogP contribution in [0.4, 0.5) is 0 Å². The minimum absolute atomic E-state index is 0. The maximum atomic E-state index is 6.25. The second-order valence-corrected chi connectivity index (χ2v) is 0. The van der Waals surface area contributed by atoms with E-state index in [-0.39, 0.29) is 239 Å². The van der Waals surface area contributed by atoms with Gasteiger partial charge in [0.15, 0.2) is 0 Å². The van der Waals surface area contributed by atoms with Crippen molar-refractivity contribution < 1.29 is 136 Å². The van der Waals surface area contributed by atoms with Gasteiger partial charge in [-0.1, -0.05) is 0 Å². The minimum Gasteiger partial charge on any atom is -0.512 e. The Bertz CT molecular complexity index is 118. The standard InChI is InChI=1S/6CN.Fe.4K.3H2O/c6*1-2;;;;;;;;/h;;;;;;;;;;;3*1H2/q6*-1;+4;;;2*+1;;;. The molecule has 0 aliphatic rings. The predicted octanol–water partition coefficient (Wildman–Crippen LogP) is -8.65. The monoisotopic (exact) mass is 422 g/mol. The molecule has 0 aromatic rings. The molecule has 90 valence electrons. The van der Waals surface area contributed by atoms with Crippen LogP contribution in [0, 0.1) is 71.0 Å². The summed E-state index contributed by atoms with van der Waals surface area (Å²) < 4.78 is 0. The van der Waals surface area contributed by atoms with Crippen LogP contribution in [0.5, 0.6) is 0 Å². The van der Waals surface area contributed by atoms with Gasteiger partial charge in [0.2, 0.25) is 0 Å². The van der Waals surface area contributed by atoms with Crippen LogP contribution in [-0.2, 0) is 17.1 Å². The topological polar surface area (TPSA) is 237 Å². The predicted molar refractivity (Wildman–Crippen MR) is 52.2 cm³/mol. The molecule has 14 heteroatoms. The molecule has 0 atom stereocenters. The van der Waals surface area contributed by atoms with E-state index in [1.54, 1.807) is 0 Å². The van der Waals surface area contributed by atoms with Crippen LogP contribution >= 0.6 is 0 Å². The number of rotatable bonds is 0. The molecule has 0 aromatic carbocycles. The Kier molecular flexibility index (Phi) is 4650. The Morgan fingerprint density at radius 2 is 0.350 bits per heavy atom. The average Bonchev–Trinajstić information content (AvgIpc) is 2.33. The maximum absolute atomic E-state index is 6.25. The summed E-state index contributed by atoms with van der Waals surface area (Å²) >= 11 is 0. The van der Waals surface area contributed by atoms with Crippen molar-refractivity contribution in [3.63, 3.8) is 0 Å². The van der Waals surface area contributed by atoms with Gasteiger partial charge in [0.05, 0.1) is 0 Å². The molecule has 0 aromatic heterocycles. The first-order valence-electron chi connectivity index (χ1n) is 1.34. The molecule has 0 bridgehead atoms. The quantitative estimate of drug-likeness (QED) is 0.271. The van der Waals surface area contributed by atoms with Crippen LogP contribution in [0.15, 0.2) is 0 Å². The summed E-state index contributed by atoms with van der Waals surface area (Å²) in [6, 6.07) is 0. The van der Waals surface area contributed by atoms with Crippen LogP contribution in [0.3, 0.4) is 0 Å². The summed E-state index contributed by atoms with van der Waals surface area (Å²) in [4.78, 5) is 0. The zero-order valence-electron chi connectivity index (χ0n) is 11.5. The van der Waals surface area contributed by atoms with E-state index in [4.69, 9.17) is 71.0 Å². The Morgan fingerprint density at radius 3 is 0.350 bits per heavy atom. The van der Waals surface area contributed by atoms with Crippen molar-refractivity contribution in [2.45, 2.75) is 0 Å². The molecular formula is C6H6FeK4N6O3. The molecule has 0 aliphatic heterocycles. The maximum Gasteiger partial charge on any atom is 4.00 e. The first kappa shape index (κ1) is 128. The van der Waals surface area contributed by atoms with E-state index in [0.29, 0.717) is 0 Å². The van der Waals surface area contributed by atoms with Gasteiger partial charge in [-0.2, -0.15) is 0 Å². The SMILES string of the molecule is O.O.O.[C-]#N.[C-]#N.[C-]#N.[C-]#N.[C-]#N.[C-]#N.[Fe+4].[K+].[K+].[K].[K]. The van der Waals surface area contributed by atoms with Crippen molar-refractivity contribution in [3.05, 3.63) is 39.4 Å².